The van der Waals surface area contributed by atoms with E-state index in [-0.39, 0.29) is 17.0 Å². The number of methoxy groups -OCH3 is 1. The Hall–Kier alpha value is -2.18. The molecule has 20 heavy (non-hydrogen) atoms. The normalized spacial score (nSPS) is 16.2. The van der Waals surface area contributed by atoms with Crippen molar-refractivity contribution in [3.63, 3.8) is 0 Å². The summed E-state index contributed by atoms with van der Waals surface area (Å²) in [6, 6.07) is 2.18. The molecule has 0 aliphatic carbocycles. The maximum Gasteiger partial charge on any atom is 0.338 e. The minimum atomic E-state index is -2.86. The molecule has 7 heteroatoms. The monoisotopic (exact) mass is 285 g/mol. The van der Waals surface area contributed by atoms with E-state index in [4.69, 9.17) is 4.74 Å². The van der Waals surface area contributed by atoms with Crippen LogP contribution in [0.25, 0.3) is 0 Å². The Morgan fingerprint density at radius 3 is 2.60 bits per heavy atom. The summed E-state index contributed by atoms with van der Waals surface area (Å²) in [4.78, 5) is 23.3. The number of rotatable bonds is 2. The second-order valence-electron chi connectivity index (χ2n) is 4.79. The minimum absolute atomic E-state index is 0.0950. The first-order valence-electron chi connectivity index (χ1n) is 5.81. The average Bonchev–Trinajstić information content (AvgIpc) is 2.37. The Balaban J connectivity index is 2.57. The Bertz CT molecular complexity index is 584. The van der Waals surface area contributed by atoms with Gasteiger partial charge in [0.25, 0.3) is 12.3 Å². The highest BCUT2D eigenvalue weighted by Gasteiger charge is 2.37. The molecule has 5 nitrogen and oxygen atoms in total. The van der Waals surface area contributed by atoms with Gasteiger partial charge in [-0.05, 0) is 26.0 Å². The van der Waals surface area contributed by atoms with Gasteiger partial charge in [-0.2, -0.15) is 0 Å². The van der Waals surface area contributed by atoms with Gasteiger partial charge in [-0.3, -0.25) is 4.79 Å². The number of anilines is 1. The van der Waals surface area contributed by atoms with E-state index in [0.717, 1.165) is 19.2 Å². The molecule has 0 radical (unpaired) electrons. The zero-order valence-electron chi connectivity index (χ0n) is 11.1. The third kappa shape index (κ3) is 2.31. The molecular weight excluding hydrogens is 272 g/mol. The maximum absolute atomic E-state index is 13.0. The van der Waals surface area contributed by atoms with E-state index in [1.54, 1.807) is 0 Å². The first-order valence-corrected chi connectivity index (χ1v) is 5.81. The summed E-state index contributed by atoms with van der Waals surface area (Å²) in [7, 11) is 1.09. The van der Waals surface area contributed by atoms with Crippen molar-refractivity contribution in [3.8, 4) is 5.75 Å². The standard InChI is InChI=1S/C13H13F2NO4/c1-13(2)12(18)16-8-4-7(11(17)19-3)6(10(14)15)5-9(8)20-13/h4-5,10H,1-3H3,(H,16,18). The van der Waals surface area contributed by atoms with E-state index in [1.165, 1.54) is 13.8 Å². The van der Waals surface area contributed by atoms with Crippen LogP contribution in [0, 0.1) is 0 Å². The molecule has 0 atom stereocenters. The summed E-state index contributed by atoms with van der Waals surface area (Å²) in [5.74, 6) is -1.23. The molecule has 1 N–H and O–H groups in total. The highest BCUT2D eigenvalue weighted by Crippen LogP contribution is 2.38. The van der Waals surface area contributed by atoms with Crippen LogP contribution in [0.3, 0.4) is 0 Å². The van der Waals surface area contributed by atoms with Gasteiger partial charge in [0.2, 0.25) is 0 Å². The van der Waals surface area contributed by atoms with E-state index in [0.29, 0.717) is 0 Å². The largest absolute Gasteiger partial charge is 0.476 e. The molecule has 0 bridgehead atoms. The molecule has 1 aliphatic rings. The number of esters is 1. The summed E-state index contributed by atoms with van der Waals surface area (Å²) in [5.41, 5.74) is -1.80. The van der Waals surface area contributed by atoms with Crippen LogP contribution < -0.4 is 10.1 Å². The summed E-state index contributed by atoms with van der Waals surface area (Å²) < 4.78 is 35.9. The Labute approximate surface area is 113 Å². The zero-order chi connectivity index (χ0) is 15.1. The molecule has 0 unspecified atom stereocenters. The van der Waals surface area contributed by atoms with Gasteiger partial charge >= 0.3 is 5.97 Å². The van der Waals surface area contributed by atoms with Crippen molar-refractivity contribution in [3.05, 3.63) is 23.3 Å². The van der Waals surface area contributed by atoms with Gasteiger partial charge in [0.1, 0.15) is 5.75 Å². The number of benzene rings is 1. The molecule has 0 aromatic heterocycles. The van der Waals surface area contributed by atoms with Gasteiger partial charge in [-0.25, -0.2) is 13.6 Å². The fourth-order valence-corrected chi connectivity index (χ4v) is 1.84. The topological polar surface area (TPSA) is 64.6 Å². The van der Waals surface area contributed by atoms with Crippen molar-refractivity contribution in [2.45, 2.75) is 25.9 Å². The lowest BCUT2D eigenvalue weighted by Gasteiger charge is -2.32. The van der Waals surface area contributed by atoms with E-state index in [2.05, 4.69) is 10.1 Å². The van der Waals surface area contributed by atoms with Gasteiger partial charge in [-0.15, -0.1) is 0 Å². The van der Waals surface area contributed by atoms with Crippen LogP contribution in [0.2, 0.25) is 0 Å². The van der Waals surface area contributed by atoms with Gasteiger partial charge in [0.05, 0.1) is 18.4 Å². The molecular formula is C13H13F2NO4. The highest BCUT2D eigenvalue weighted by molar-refractivity contribution is 6.02. The maximum atomic E-state index is 13.0. The molecule has 1 aromatic carbocycles. The van der Waals surface area contributed by atoms with E-state index in [1.807, 2.05) is 0 Å². The van der Waals surface area contributed by atoms with Crippen molar-refractivity contribution >= 4 is 17.6 Å². The van der Waals surface area contributed by atoms with Crippen LogP contribution in [0.1, 0.15) is 36.2 Å². The van der Waals surface area contributed by atoms with E-state index >= 15 is 0 Å². The molecule has 1 aromatic rings. The number of nitrogens with one attached hydrogen (secondary N) is 1. The molecule has 0 spiro atoms. The van der Waals surface area contributed by atoms with Crippen LogP contribution in [-0.2, 0) is 9.53 Å². The van der Waals surface area contributed by atoms with Crippen LogP contribution in [0.4, 0.5) is 14.5 Å². The number of ether oxygens (including phenoxy) is 2. The number of carbonyl (C=O) groups is 2. The lowest BCUT2D eigenvalue weighted by atomic mass is 10.0. The third-order valence-electron chi connectivity index (χ3n) is 2.95. The summed E-state index contributed by atoms with van der Waals surface area (Å²) in [6.07, 6.45) is -2.86. The summed E-state index contributed by atoms with van der Waals surface area (Å²) >= 11 is 0. The highest BCUT2D eigenvalue weighted by atomic mass is 19.3. The number of hydrogen-bond donors (Lipinski definition) is 1. The van der Waals surface area contributed by atoms with Crippen LogP contribution >= 0.6 is 0 Å². The minimum Gasteiger partial charge on any atom is -0.476 e. The second kappa shape index (κ2) is 4.73. The number of carbonyl (C=O) groups excluding carboxylic acids is 2. The fraction of sp³-hybridized carbons (Fsp3) is 0.385. The summed E-state index contributed by atoms with van der Waals surface area (Å²) in [6.45, 7) is 3.03. The van der Waals surface area contributed by atoms with Crippen molar-refractivity contribution in [1.29, 1.82) is 0 Å². The lowest BCUT2D eigenvalue weighted by molar-refractivity contribution is -0.129. The van der Waals surface area contributed by atoms with Gasteiger partial charge in [-0.1, -0.05) is 0 Å². The molecule has 1 amide bonds. The summed E-state index contributed by atoms with van der Waals surface area (Å²) in [5, 5.41) is 2.52. The lowest BCUT2D eigenvalue weighted by Crippen LogP contribution is -2.45. The predicted molar refractivity (Wildman–Crippen MR) is 66.1 cm³/mol. The fourth-order valence-electron chi connectivity index (χ4n) is 1.84. The van der Waals surface area contributed by atoms with Gasteiger partial charge in [0.15, 0.2) is 5.60 Å². The van der Waals surface area contributed by atoms with Crippen molar-refractivity contribution in [2.24, 2.45) is 0 Å². The number of alkyl halides is 2. The van der Waals surface area contributed by atoms with Crippen molar-refractivity contribution in [1.82, 2.24) is 0 Å². The van der Waals surface area contributed by atoms with Crippen LogP contribution in [0.15, 0.2) is 12.1 Å². The van der Waals surface area contributed by atoms with Crippen LogP contribution in [-0.4, -0.2) is 24.6 Å². The number of fused-ring (bicyclic) bond motifs is 1. The third-order valence-corrected chi connectivity index (χ3v) is 2.95. The smallest absolute Gasteiger partial charge is 0.338 e. The number of halogens is 2. The van der Waals surface area contributed by atoms with Crippen molar-refractivity contribution in [2.75, 3.05) is 12.4 Å². The number of hydrogen-bond acceptors (Lipinski definition) is 4. The molecule has 0 saturated heterocycles. The quantitative estimate of drug-likeness (QED) is 0.848. The molecule has 108 valence electrons. The molecule has 0 fully saturated rings. The first-order chi connectivity index (χ1) is 9.26. The molecule has 1 aliphatic heterocycles. The Morgan fingerprint density at radius 1 is 1.40 bits per heavy atom. The van der Waals surface area contributed by atoms with E-state index in [9.17, 15) is 18.4 Å². The van der Waals surface area contributed by atoms with E-state index < -0.39 is 29.5 Å². The Morgan fingerprint density at radius 2 is 2.05 bits per heavy atom. The van der Waals surface area contributed by atoms with Gasteiger partial charge < -0.3 is 14.8 Å². The van der Waals surface area contributed by atoms with Crippen molar-refractivity contribution < 1.29 is 27.8 Å². The predicted octanol–water partition coefficient (Wildman–Crippen LogP) is 2.52. The molecule has 2 rings (SSSR count). The molecule has 0 saturated carbocycles. The molecule has 1 heterocycles. The van der Waals surface area contributed by atoms with Gasteiger partial charge in [0, 0.05) is 5.56 Å². The van der Waals surface area contributed by atoms with Crippen LogP contribution in [0.5, 0.6) is 5.75 Å². The second-order valence-corrected chi connectivity index (χ2v) is 4.79. The number of amides is 1. The SMILES string of the molecule is COC(=O)c1cc2c(cc1C(F)F)OC(C)(C)C(=O)N2. The Kier molecular flexibility index (Phi) is 3.37. The first kappa shape index (κ1) is 14.2. The zero-order valence-corrected chi connectivity index (χ0v) is 11.1. The average molecular weight is 285 g/mol.